The summed E-state index contributed by atoms with van der Waals surface area (Å²) in [5.41, 5.74) is 2.09. The fourth-order valence-corrected chi connectivity index (χ4v) is 2.93. The second-order valence-electron chi connectivity index (χ2n) is 5.68. The number of hydrogen-bond donors (Lipinski definition) is 1. The van der Waals surface area contributed by atoms with Crippen LogP contribution in [0.5, 0.6) is 0 Å². The number of halogens is 2. The Bertz CT molecular complexity index is 983. The monoisotopic (exact) mass is 375 g/mol. The van der Waals surface area contributed by atoms with Crippen molar-refractivity contribution in [2.24, 2.45) is 0 Å². The Hall–Kier alpha value is -2.30. The van der Waals surface area contributed by atoms with Gasteiger partial charge >= 0.3 is 5.63 Å². The molecule has 3 rings (SSSR count). The van der Waals surface area contributed by atoms with E-state index in [2.05, 4.69) is 5.32 Å². The van der Waals surface area contributed by atoms with Gasteiger partial charge in [-0.25, -0.2) is 4.79 Å². The topological polar surface area (TPSA) is 59.3 Å². The van der Waals surface area contributed by atoms with Crippen molar-refractivity contribution >= 4 is 40.1 Å². The van der Waals surface area contributed by atoms with E-state index in [1.165, 1.54) is 6.07 Å². The molecule has 25 heavy (non-hydrogen) atoms. The van der Waals surface area contributed by atoms with Crippen molar-refractivity contribution in [3.8, 4) is 0 Å². The molecule has 0 aliphatic carbocycles. The van der Waals surface area contributed by atoms with Crippen LogP contribution in [0.25, 0.3) is 11.0 Å². The minimum absolute atomic E-state index is 0.149. The van der Waals surface area contributed by atoms with Crippen LogP contribution in [0.4, 0.5) is 0 Å². The number of benzene rings is 2. The van der Waals surface area contributed by atoms with E-state index in [1.807, 2.05) is 25.1 Å². The highest BCUT2D eigenvalue weighted by Crippen LogP contribution is 2.25. The highest BCUT2D eigenvalue weighted by Gasteiger charge is 2.17. The first-order valence-corrected chi connectivity index (χ1v) is 8.47. The number of fused-ring (bicyclic) bond motifs is 1. The first-order chi connectivity index (χ1) is 12.0. The van der Waals surface area contributed by atoms with Crippen LogP contribution in [0.15, 0.2) is 57.7 Å². The van der Waals surface area contributed by atoms with Crippen LogP contribution in [0.3, 0.4) is 0 Å². The van der Waals surface area contributed by atoms with E-state index in [9.17, 15) is 9.59 Å². The van der Waals surface area contributed by atoms with Crippen molar-refractivity contribution in [2.75, 3.05) is 0 Å². The van der Waals surface area contributed by atoms with E-state index >= 15 is 0 Å². The van der Waals surface area contributed by atoms with Crippen LogP contribution in [0.2, 0.25) is 5.02 Å². The van der Waals surface area contributed by atoms with Gasteiger partial charge in [-0.05, 0) is 35.7 Å². The number of rotatable bonds is 4. The summed E-state index contributed by atoms with van der Waals surface area (Å²) in [4.78, 5) is 24.1. The van der Waals surface area contributed by atoms with Crippen LogP contribution in [0, 0.1) is 6.92 Å². The highest BCUT2D eigenvalue weighted by molar-refractivity contribution is 6.32. The van der Waals surface area contributed by atoms with Crippen molar-refractivity contribution < 1.29 is 9.21 Å². The summed E-state index contributed by atoms with van der Waals surface area (Å²) >= 11 is 12.4. The van der Waals surface area contributed by atoms with E-state index < -0.39 is 11.0 Å². The van der Waals surface area contributed by atoms with E-state index in [1.54, 1.807) is 24.3 Å². The van der Waals surface area contributed by atoms with E-state index in [4.69, 9.17) is 27.6 Å². The molecule has 0 saturated heterocycles. The molecular weight excluding hydrogens is 361 g/mol. The minimum atomic E-state index is -0.807. The van der Waals surface area contributed by atoms with Gasteiger partial charge in [-0.1, -0.05) is 41.9 Å². The molecule has 1 N–H and O–H groups in total. The summed E-state index contributed by atoms with van der Waals surface area (Å²) < 4.78 is 5.21. The lowest BCUT2D eigenvalue weighted by Crippen LogP contribution is -2.27. The third-order valence-electron chi connectivity index (χ3n) is 3.88. The maximum atomic E-state index is 12.3. The van der Waals surface area contributed by atoms with Gasteiger partial charge in [0.25, 0.3) is 0 Å². The molecule has 2 aromatic carbocycles. The number of aryl methyl sites for hydroxylation is 1. The minimum Gasteiger partial charge on any atom is -0.423 e. The SMILES string of the molecule is Cc1cc2oc(=O)cc(CNC(=O)C(Cl)c3ccccc3)c2cc1Cl. The zero-order valence-electron chi connectivity index (χ0n) is 13.4. The molecule has 0 spiro atoms. The van der Waals surface area contributed by atoms with Crippen molar-refractivity contribution in [1.29, 1.82) is 0 Å². The number of alkyl halides is 1. The van der Waals surface area contributed by atoms with Crippen LogP contribution in [-0.2, 0) is 11.3 Å². The smallest absolute Gasteiger partial charge is 0.336 e. The molecule has 1 unspecified atom stereocenters. The van der Waals surface area contributed by atoms with E-state index in [0.29, 0.717) is 27.1 Å². The molecule has 3 aromatic rings. The first kappa shape index (κ1) is 17.5. The third-order valence-corrected chi connectivity index (χ3v) is 4.74. The zero-order chi connectivity index (χ0) is 18.0. The highest BCUT2D eigenvalue weighted by atomic mass is 35.5. The van der Waals surface area contributed by atoms with Gasteiger partial charge in [-0.3, -0.25) is 4.79 Å². The molecule has 4 nitrogen and oxygen atoms in total. The molecule has 1 aromatic heterocycles. The quantitative estimate of drug-likeness (QED) is 0.544. The van der Waals surface area contributed by atoms with E-state index in [0.717, 1.165) is 5.56 Å². The number of hydrogen-bond acceptors (Lipinski definition) is 3. The Morgan fingerprint density at radius 2 is 1.92 bits per heavy atom. The summed E-state index contributed by atoms with van der Waals surface area (Å²) in [5.74, 6) is -0.340. The van der Waals surface area contributed by atoms with Crippen molar-refractivity contribution in [2.45, 2.75) is 18.8 Å². The Balaban J connectivity index is 1.84. The Labute approximate surface area is 154 Å². The lowest BCUT2D eigenvalue weighted by Gasteiger charge is -2.12. The van der Waals surface area contributed by atoms with Crippen molar-refractivity contribution in [1.82, 2.24) is 5.32 Å². The fraction of sp³-hybridized carbons (Fsp3) is 0.158. The van der Waals surface area contributed by atoms with Crippen LogP contribution in [-0.4, -0.2) is 5.91 Å². The summed E-state index contributed by atoms with van der Waals surface area (Å²) in [5, 5.41) is 3.19. The zero-order valence-corrected chi connectivity index (χ0v) is 14.9. The van der Waals surface area contributed by atoms with Gasteiger partial charge in [-0.15, -0.1) is 11.6 Å². The standard InChI is InChI=1S/C19H15Cl2NO3/c1-11-7-16-14(9-15(11)20)13(8-17(23)25-16)10-22-19(24)18(21)12-5-3-2-4-6-12/h2-9,18H,10H2,1H3,(H,22,24). The first-order valence-electron chi connectivity index (χ1n) is 7.65. The van der Waals surface area contributed by atoms with Gasteiger partial charge in [0.05, 0.1) is 0 Å². The number of nitrogens with one attached hydrogen (secondary N) is 1. The molecule has 6 heteroatoms. The van der Waals surface area contributed by atoms with Crippen LogP contribution >= 0.6 is 23.2 Å². The predicted octanol–water partition coefficient (Wildman–Crippen LogP) is 4.35. The van der Waals surface area contributed by atoms with Crippen LogP contribution in [0.1, 0.15) is 22.1 Å². The van der Waals surface area contributed by atoms with E-state index in [-0.39, 0.29) is 12.5 Å². The Morgan fingerprint density at radius 1 is 1.20 bits per heavy atom. The number of amides is 1. The lowest BCUT2D eigenvalue weighted by molar-refractivity contribution is -0.121. The Morgan fingerprint density at radius 3 is 2.64 bits per heavy atom. The average Bonchev–Trinajstić information content (AvgIpc) is 2.61. The maximum absolute atomic E-state index is 12.3. The molecule has 0 aliphatic rings. The second kappa shape index (κ2) is 7.30. The predicted molar refractivity (Wildman–Crippen MR) is 99.1 cm³/mol. The molecule has 0 fully saturated rings. The molecular formula is C19H15Cl2NO3. The Kier molecular flexibility index (Phi) is 5.11. The van der Waals surface area contributed by atoms with Crippen LogP contribution < -0.4 is 10.9 Å². The third kappa shape index (κ3) is 3.86. The molecule has 1 atom stereocenters. The van der Waals surface area contributed by atoms with Gasteiger partial charge in [0.2, 0.25) is 5.91 Å². The fourth-order valence-electron chi connectivity index (χ4n) is 2.54. The molecule has 128 valence electrons. The average molecular weight is 376 g/mol. The second-order valence-corrected chi connectivity index (χ2v) is 6.52. The summed E-state index contributed by atoms with van der Waals surface area (Å²) in [6.45, 7) is 1.98. The number of carbonyl (C=O) groups excluding carboxylic acids is 1. The molecule has 0 radical (unpaired) electrons. The lowest BCUT2D eigenvalue weighted by atomic mass is 10.1. The van der Waals surface area contributed by atoms with Gasteiger partial charge in [0.1, 0.15) is 11.0 Å². The van der Waals surface area contributed by atoms with Gasteiger partial charge in [0, 0.05) is 23.0 Å². The molecule has 1 amide bonds. The number of carbonyl (C=O) groups is 1. The van der Waals surface area contributed by atoms with Gasteiger partial charge in [0.15, 0.2) is 0 Å². The molecule has 1 heterocycles. The molecule has 0 aliphatic heterocycles. The maximum Gasteiger partial charge on any atom is 0.336 e. The largest absolute Gasteiger partial charge is 0.423 e. The summed E-state index contributed by atoms with van der Waals surface area (Å²) in [6, 6.07) is 13.8. The van der Waals surface area contributed by atoms with Gasteiger partial charge in [-0.2, -0.15) is 0 Å². The summed E-state index contributed by atoms with van der Waals surface area (Å²) in [6.07, 6.45) is 0. The molecule has 0 saturated carbocycles. The summed E-state index contributed by atoms with van der Waals surface area (Å²) in [7, 11) is 0. The van der Waals surface area contributed by atoms with Crippen molar-refractivity contribution in [3.63, 3.8) is 0 Å². The normalized spacial score (nSPS) is 12.1. The molecule has 0 bridgehead atoms. The van der Waals surface area contributed by atoms with Gasteiger partial charge < -0.3 is 9.73 Å². The van der Waals surface area contributed by atoms with Crippen molar-refractivity contribution in [3.05, 3.63) is 80.7 Å².